The van der Waals surface area contributed by atoms with Gasteiger partial charge in [-0.3, -0.25) is 9.59 Å². The van der Waals surface area contributed by atoms with Crippen molar-refractivity contribution in [2.45, 2.75) is 16.9 Å². The maximum atomic E-state index is 14.4. The fourth-order valence-electron chi connectivity index (χ4n) is 5.59. The van der Waals surface area contributed by atoms with Gasteiger partial charge >= 0.3 is 0 Å². The molecule has 2 aliphatic heterocycles. The molecule has 0 bridgehead atoms. The van der Waals surface area contributed by atoms with Gasteiger partial charge < -0.3 is 24.2 Å². The number of ether oxygens (including phenoxy) is 2. The standard InChI is InChI=1S/C30H32ClN3O4S/c1-32-28(19-8-10-22(39-4)11-9-19)27(23-17-25(37-2)26(38-3)18-24(23)29(32)35)30(36)34-14-12-33(13-15-34)21-7-5-6-20(31)16-21/h5-11,16-18,27-28H,12-15H2,1-4H3/t27-,28-/m0/s1. The predicted octanol–water partition coefficient (Wildman–Crippen LogP) is 5.34. The lowest BCUT2D eigenvalue weighted by Crippen LogP contribution is -2.53. The SMILES string of the molecule is COc1cc2c(cc1OC)[C@H](C(=O)N1CCN(c3cccc(Cl)c3)CC1)[C@H](c1ccc(SC)cc1)N(C)C2=O. The summed E-state index contributed by atoms with van der Waals surface area (Å²) >= 11 is 7.87. The molecule has 0 radical (unpaired) electrons. The molecule has 0 saturated carbocycles. The number of hydrogen-bond acceptors (Lipinski definition) is 6. The number of anilines is 1. The minimum atomic E-state index is -0.597. The molecule has 3 aromatic rings. The molecule has 1 fully saturated rings. The van der Waals surface area contributed by atoms with Crippen molar-refractivity contribution in [3.63, 3.8) is 0 Å². The molecule has 0 aromatic heterocycles. The first kappa shape index (κ1) is 27.2. The first-order valence-corrected chi connectivity index (χ1v) is 14.4. The second-order valence-corrected chi connectivity index (χ2v) is 11.0. The van der Waals surface area contributed by atoms with Crippen molar-refractivity contribution in [3.8, 4) is 11.5 Å². The molecule has 7 nitrogen and oxygen atoms in total. The van der Waals surface area contributed by atoms with Crippen molar-refractivity contribution >= 4 is 40.9 Å². The van der Waals surface area contributed by atoms with E-state index in [1.54, 1.807) is 50.1 Å². The van der Waals surface area contributed by atoms with Crippen LogP contribution in [0.4, 0.5) is 5.69 Å². The van der Waals surface area contributed by atoms with Crippen LogP contribution < -0.4 is 14.4 Å². The second-order valence-electron chi connectivity index (χ2n) is 9.70. The first-order valence-electron chi connectivity index (χ1n) is 12.8. The highest BCUT2D eigenvalue weighted by Crippen LogP contribution is 2.46. The summed E-state index contributed by atoms with van der Waals surface area (Å²) in [6, 6.07) is 18.9. The monoisotopic (exact) mass is 565 g/mol. The van der Waals surface area contributed by atoms with E-state index in [-0.39, 0.29) is 11.8 Å². The number of thioether (sulfide) groups is 1. The quantitative estimate of drug-likeness (QED) is 0.376. The van der Waals surface area contributed by atoms with Crippen molar-refractivity contribution in [2.75, 3.05) is 58.6 Å². The third kappa shape index (κ3) is 5.15. The Kier molecular flexibility index (Phi) is 7.96. The van der Waals surface area contributed by atoms with Crippen LogP contribution in [-0.2, 0) is 4.79 Å². The third-order valence-corrected chi connectivity index (χ3v) is 8.64. The number of methoxy groups -OCH3 is 2. The lowest BCUT2D eigenvalue weighted by Gasteiger charge is -2.43. The number of carbonyl (C=O) groups is 2. The van der Waals surface area contributed by atoms with Gasteiger partial charge in [0.2, 0.25) is 5.91 Å². The molecular formula is C30H32ClN3O4S. The van der Waals surface area contributed by atoms with Crippen LogP contribution >= 0.6 is 23.4 Å². The Bertz CT molecular complexity index is 1380. The van der Waals surface area contributed by atoms with Crippen molar-refractivity contribution < 1.29 is 19.1 Å². The van der Waals surface area contributed by atoms with Crippen LogP contribution in [-0.4, -0.2) is 75.3 Å². The number of fused-ring (bicyclic) bond motifs is 1. The van der Waals surface area contributed by atoms with Crippen molar-refractivity contribution in [2.24, 2.45) is 0 Å². The fourth-order valence-corrected chi connectivity index (χ4v) is 6.18. The fraction of sp³-hybridized carbons (Fsp3) is 0.333. The third-order valence-electron chi connectivity index (χ3n) is 7.66. The average Bonchev–Trinajstić information content (AvgIpc) is 2.98. The molecule has 2 aliphatic rings. The van der Waals surface area contributed by atoms with Crippen LogP contribution in [0.5, 0.6) is 11.5 Å². The first-order chi connectivity index (χ1) is 18.9. The number of benzene rings is 3. The zero-order chi connectivity index (χ0) is 27.7. The molecule has 2 amide bonds. The van der Waals surface area contributed by atoms with Crippen molar-refractivity contribution in [3.05, 3.63) is 82.4 Å². The maximum Gasteiger partial charge on any atom is 0.254 e. The average molecular weight is 566 g/mol. The summed E-state index contributed by atoms with van der Waals surface area (Å²) < 4.78 is 11.1. The summed E-state index contributed by atoms with van der Waals surface area (Å²) in [7, 11) is 4.87. The molecule has 2 atom stereocenters. The van der Waals surface area contributed by atoms with Gasteiger partial charge in [-0.15, -0.1) is 11.8 Å². The van der Waals surface area contributed by atoms with Crippen LogP contribution in [0.1, 0.15) is 33.4 Å². The van der Waals surface area contributed by atoms with E-state index in [9.17, 15) is 9.59 Å². The van der Waals surface area contributed by atoms with Gasteiger partial charge in [0, 0.05) is 54.4 Å². The number of amides is 2. The number of carbonyl (C=O) groups excluding carboxylic acids is 2. The van der Waals surface area contributed by atoms with Crippen molar-refractivity contribution in [1.82, 2.24) is 9.80 Å². The van der Waals surface area contributed by atoms with Gasteiger partial charge in [0.25, 0.3) is 5.91 Å². The van der Waals surface area contributed by atoms with Crippen LogP contribution in [0.2, 0.25) is 5.02 Å². The lowest BCUT2D eigenvalue weighted by molar-refractivity contribution is -0.134. The highest BCUT2D eigenvalue weighted by atomic mass is 35.5. The largest absolute Gasteiger partial charge is 0.493 e. The van der Waals surface area contributed by atoms with E-state index in [1.165, 1.54) is 0 Å². The van der Waals surface area contributed by atoms with Crippen LogP contribution in [0.15, 0.2) is 65.6 Å². The summed E-state index contributed by atoms with van der Waals surface area (Å²) in [6.07, 6.45) is 2.02. The summed E-state index contributed by atoms with van der Waals surface area (Å²) in [4.78, 5) is 35.0. The van der Waals surface area contributed by atoms with E-state index in [1.807, 2.05) is 59.7 Å². The molecule has 204 valence electrons. The molecule has 1 saturated heterocycles. The lowest BCUT2D eigenvalue weighted by atomic mass is 9.78. The molecule has 0 unspecified atom stereocenters. The summed E-state index contributed by atoms with van der Waals surface area (Å²) in [5.41, 5.74) is 3.09. The van der Waals surface area contributed by atoms with Gasteiger partial charge in [-0.25, -0.2) is 0 Å². The molecule has 5 rings (SSSR count). The number of nitrogens with zero attached hydrogens (tertiary/aromatic N) is 3. The Morgan fingerprint density at radius 2 is 1.62 bits per heavy atom. The summed E-state index contributed by atoms with van der Waals surface area (Å²) in [5.74, 6) is 0.198. The van der Waals surface area contributed by atoms with Gasteiger partial charge in [-0.2, -0.15) is 0 Å². The molecule has 2 heterocycles. The van der Waals surface area contributed by atoms with Crippen molar-refractivity contribution in [1.29, 1.82) is 0 Å². The minimum Gasteiger partial charge on any atom is -0.493 e. The highest BCUT2D eigenvalue weighted by Gasteiger charge is 2.45. The van der Waals surface area contributed by atoms with Gasteiger partial charge in [-0.1, -0.05) is 29.8 Å². The normalized spacial score (nSPS) is 19.1. The molecule has 0 aliphatic carbocycles. The zero-order valence-electron chi connectivity index (χ0n) is 22.5. The number of halogens is 1. The van der Waals surface area contributed by atoms with Gasteiger partial charge in [0.1, 0.15) is 0 Å². The Morgan fingerprint density at radius 1 is 0.949 bits per heavy atom. The Balaban J connectivity index is 1.53. The Hall–Kier alpha value is -3.36. The highest BCUT2D eigenvalue weighted by molar-refractivity contribution is 7.98. The molecule has 9 heteroatoms. The second kappa shape index (κ2) is 11.4. The van der Waals surface area contributed by atoms with Gasteiger partial charge in [0.15, 0.2) is 11.5 Å². The molecule has 0 N–H and O–H groups in total. The molecule has 3 aromatic carbocycles. The number of piperazine rings is 1. The van der Waals surface area contributed by atoms with E-state index in [0.717, 1.165) is 16.1 Å². The van der Waals surface area contributed by atoms with Crippen LogP contribution in [0.25, 0.3) is 0 Å². The smallest absolute Gasteiger partial charge is 0.254 e. The molecule has 0 spiro atoms. The molecule has 39 heavy (non-hydrogen) atoms. The van der Waals surface area contributed by atoms with Crippen LogP contribution in [0.3, 0.4) is 0 Å². The van der Waals surface area contributed by atoms with E-state index < -0.39 is 12.0 Å². The van der Waals surface area contributed by atoms with E-state index in [4.69, 9.17) is 21.1 Å². The number of likely N-dealkylation sites (N-methyl/N-ethyl adjacent to an activating group) is 1. The minimum absolute atomic E-state index is 0.00694. The topological polar surface area (TPSA) is 62.3 Å². The predicted molar refractivity (Wildman–Crippen MR) is 156 cm³/mol. The molecular weight excluding hydrogens is 534 g/mol. The Labute approximate surface area is 238 Å². The maximum absolute atomic E-state index is 14.4. The van der Waals surface area contributed by atoms with E-state index in [2.05, 4.69) is 4.90 Å². The number of hydrogen-bond donors (Lipinski definition) is 0. The summed E-state index contributed by atoms with van der Waals surface area (Å²) in [6.45, 7) is 2.53. The van der Waals surface area contributed by atoms with E-state index in [0.29, 0.717) is 53.8 Å². The zero-order valence-corrected chi connectivity index (χ0v) is 24.1. The number of rotatable bonds is 6. The van der Waals surface area contributed by atoms with Gasteiger partial charge in [0.05, 0.1) is 26.2 Å². The van der Waals surface area contributed by atoms with E-state index >= 15 is 0 Å². The Morgan fingerprint density at radius 3 is 2.23 bits per heavy atom. The summed E-state index contributed by atoms with van der Waals surface area (Å²) in [5, 5.41) is 0.692. The van der Waals surface area contributed by atoms with Gasteiger partial charge in [-0.05, 0) is 59.8 Å². The van der Waals surface area contributed by atoms with Crippen LogP contribution in [0, 0.1) is 0 Å².